The van der Waals surface area contributed by atoms with Gasteiger partial charge in [0.2, 0.25) is 0 Å². The first kappa shape index (κ1) is 20.7. The third kappa shape index (κ3) is 14.4. The zero-order valence-electron chi connectivity index (χ0n) is 10.7. The van der Waals surface area contributed by atoms with E-state index in [1.54, 1.807) is 9.80 Å². The molecule has 0 rings (SSSR count). The molecule has 0 heterocycles. The molecule has 99 valence electrons. The van der Waals surface area contributed by atoms with Crippen LogP contribution in [0.1, 0.15) is 26.7 Å². The van der Waals surface area contributed by atoms with Crippen LogP contribution >= 0.6 is 0 Å². The molecule has 0 aromatic rings. The summed E-state index contributed by atoms with van der Waals surface area (Å²) in [7, 11) is 7.42. The fourth-order valence-electron chi connectivity index (χ4n) is 0.730. The van der Waals surface area contributed by atoms with Crippen molar-refractivity contribution >= 4 is 0 Å². The van der Waals surface area contributed by atoms with Crippen LogP contribution < -0.4 is 0 Å². The molecule has 0 aromatic heterocycles. The second-order valence-corrected chi connectivity index (χ2v) is 3.70. The predicted octanol–water partition coefficient (Wildman–Crippen LogP) is 0.550. The Bertz CT molecular complexity index is 110. The summed E-state index contributed by atoms with van der Waals surface area (Å²) in [5.74, 6) is 0. The van der Waals surface area contributed by atoms with Gasteiger partial charge >= 0.3 is 0 Å². The van der Waals surface area contributed by atoms with Crippen LogP contribution in [0.2, 0.25) is 0 Å². The summed E-state index contributed by atoms with van der Waals surface area (Å²) < 4.78 is 0. The van der Waals surface area contributed by atoms with Crippen molar-refractivity contribution in [3.63, 3.8) is 0 Å². The predicted molar refractivity (Wildman–Crippen MR) is 60.0 cm³/mol. The van der Waals surface area contributed by atoms with Gasteiger partial charge in [-0.3, -0.25) is 9.80 Å². The average molecular weight is 270 g/mol. The summed E-state index contributed by atoms with van der Waals surface area (Å²) in [4.78, 5) is 3.56. The zero-order chi connectivity index (χ0) is 11.7. The molecule has 0 fully saturated rings. The standard InChI is InChI=1S/2C5H13NO.Cu/c2*1-4-5(7)6(2)3;/h2*5,7H,4H2,1-3H3;. The maximum atomic E-state index is 8.86. The molecule has 4 nitrogen and oxygen atoms in total. The van der Waals surface area contributed by atoms with Gasteiger partial charge in [0.15, 0.2) is 0 Å². The van der Waals surface area contributed by atoms with Crippen LogP contribution in [0.5, 0.6) is 0 Å². The molecule has 0 aromatic carbocycles. The van der Waals surface area contributed by atoms with E-state index in [1.807, 2.05) is 42.0 Å². The average Bonchev–Trinajstić information content (AvgIpc) is 2.15. The van der Waals surface area contributed by atoms with Gasteiger partial charge in [-0.1, -0.05) is 13.8 Å². The number of rotatable bonds is 4. The molecule has 0 spiro atoms. The van der Waals surface area contributed by atoms with Crippen LogP contribution in [0.25, 0.3) is 0 Å². The van der Waals surface area contributed by atoms with Crippen LogP contribution in [0.4, 0.5) is 0 Å². The van der Waals surface area contributed by atoms with E-state index in [0.29, 0.717) is 0 Å². The van der Waals surface area contributed by atoms with Gasteiger partial charge in [-0.15, -0.1) is 0 Å². The number of hydrogen-bond donors (Lipinski definition) is 2. The number of aliphatic hydroxyl groups excluding tert-OH is 2. The van der Waals surface area contributed by atoms with Crippen molar-refractivity contribution in [2.75, 3.05) is 28.2 Å². The molecule has 0 amide bonds. The fraction of sp³-hybridized carbons (Fsp3) is 1.00. The van der Waals surface area contributed by atoms with Gasteiger partial charge in [0.25, 0.3) is 0 Å². The normalized spacial score (nSPS) is 14.0. The molecule has 0 aliphatic heterocycles. The number of nitrogens with zero attached hydrogens (tertiary/aromatic N) is 2. The summed E-state index contributed by atoms with van der Waals surface area (Å²) in [5, 5.41) is 17.7. The minimum atomic E-state index is -0.264. The van der Waals surface area contributed by atoms with Gasteiger partial charge in [0.05, 0.1) is 0 Å². The Hall–Kier alpha value is 0.359. The van der Waals surface area contributed by atoms with Gasteiger partial charge in [0.1, 0.15) is 12.5 Å². The summed E-state index contributed by atoms with van der Waals surface area (Å²) >= 11 is 0. The second-order valence-electron chi connectivity index (χ2n) is 3.70. The van der Waals surface area contributed by atoms with E-state index in [4.69, 9.17) is 10.2 Å². The van der Waals surface area contributed by atoms with Gasteiger partial charge < -0.3 is 10.2 Å². The van der Waals surface area contributed by atoms with Crippen LogP contribution in [-0.2, 0) is 17.1 Å². The molecule has 0 aliphatic carbocycles. The molecule has 2 atom stereocenters. The van der Waals surface area contributed by atoms with E-state index < -0.39 is 0 Å². The smallest absolute Gasteiger partial charge is 0.106 e. The molecule has 0 aliphatic rings. The molecule has 2 unspecified atom stereocenters. The Morgan fingerprint density at radius 1 is 0.800 bits per heavy atom. The SMILES string of the molecule is CCC(O)N(C)C.CCC(O)N(C)C.[Cu]. The largest absolute Gasteiger partial charge is 0.378 e. The van der Waals surface area contributed by atoms with Crippen molar-refractivity contribution in [3.8, 4) is 0 Å². The van der Waals surface area contributed by atoms with E-state index >= 15 is 0 Å². The van der Waals surface area contributed by atoms with Gasteiger partial charge in [-0.2, -0.15) is 0 Å². The van der Waals surface area contributed by atoms with Crippen LogP contribution in [0, 0.1) is 0 Å². The first-order valence-corrected chi connectivity index (χ1v) is 5.05. The number of hydrogen-bond acceptors (Lipinski definition) is 4. The Balaban J connectivity index is -0.000000180. The Kier molecular flexibility index (Phi) is 17.2. The summed E-state index contributed by atoms with van der Waals surface area (Å²) in [6, 6.07) is 0. The van der Waals surface area contributed by atoms with Gasteiger partial charge in [0, 0.05) is 17.1 Å². The summed E-state index contributed by atoms with van der Waals surface area (Å²) in [6.07, 6.45) is 1.07. The van der Waals surface area contributed by atoms with Crippen molar-refractivity contribution in [1.29, 1.82) is 0 Å². The molecule has 5 heteroatoms. The van der Waals surface area contributed by atoms with E-state index in [0.717, 1.165) is 12.8 Å². The molecular formula is C10H26CuN2O2. The number of aliphatic hydroxyl groups is 2. The topological polar surface area (TPSA) is 46.9 Å². The molecule has 0 bridgehead atoms. The maximum absolute atomic E-state index is 8.86. The van der Waals surface area contributed by atoms with Crippen LogP contribution in [0.15, 0.2) is 0 Å². The first-order chi connectivity index (χ1) is 6.36. The van der Waals surface area contributed by atoms with Crippen LogP contribution in [0.3, 0.4) is 0 Å². The molecule has 1 radical (unpaired) electrons. The molecule has 0 saturated heterocycles. The first-order valence-electron chi connectivity index (χ1n) is 5.05. The quantitative estimate of drug-likeness (QED) is 0.578. The van der Waals surface area contributed by atoms with Crippen LogP contribution in [-0.4, -0.2) is 60.7 Å². The van der Waals surface area contributed by atoms with Crippen molar-refractivity contribution < 1.29 is 27.3 Å². The molecular weight excluding hydrogens is 244 g/mol. The van der Waals surface area contributed by atoms with E-state index in [-0.39, 0.29) is 29.5 Å². The van der Waals surface area contributed by atoms with Gasteiger partial charge in [-0.05, 0) is 41.0 Å². The van der Waals surface area contributed by atoms with Crippen molar-refractivity contribution in [2.45, 2.75) is 39.1 Å². The Labute approximate surface area is 105 Å². The minimum absolute atomic E-state index is 0. The van der Waals surface area contributed by atoms with Crippen molar-refractivity contribution in [3.05, 3.63) is 0 Å². The molecule has 0 saturated carbocycles. The summed E-state index contributed by atoms with van der Waals surface area (Å²) in [6.45, 7) is 3.90. The Morgan fingerprint density at radius 3 is 1.00 bits per heavy atom. The monoisotopic (exact) mass is 269 g/mol. The van der Waals surface area contributed by atoms with Crippen molar-refractivity contribution in [1.82, 2.24) is 9.80 Å². The van der Waals surface area contributed by atoms with Gasteiger partial charge in [-0.25, -0.2) is 0 Å². The van der Waals surface area contributed by atoms with E-state index in [1.165, 1.54) is 0 Å². The van der Waals surface area contributed by atoms with E-state index in [9.17, 15) is 0 Å². The Morgan fingerprint density at radius 2 is 1.00 bits per heavy atom. The fourth-order valence-corrected chi connectivity index (χ4v) is 0.730. The zero-order valence-corrected chi connectivity index (χ0v) is 11.6. The molecule has 2 N–H and O–H groups in total. The van der Waals surface area contributed by atoms with Crippen molar-refractivity contribution in [2.24, 2.45) is 0 Å². The van der Waals surface area contributed by atoms with E-state index in [2.05, 4.69) is 0 Å². The third-order valence-electron chi connectivity index (χ3n) is 1.92. The minimum Gasteiger partial charge on any atom is -0.378 e. The second kappa shape index (κ2) is 12.4. The third-order valence-corrected chi connectivity index (χ3v) is 1.92. The summed E-state index contributed by atoms with van der Waals surface area (Å²) in [5.41, 5.74) is 0. The maximum Gasteiger partial charge on any atom is 0.106 e. The molecule has 15 heavy (non-hydrogen) atoms.